The molecule has 1 aromatic rings. The fourth-order valence-electron chi connectivity index (χ4n) is 3.33. The molecule has 2 heterocycles. The molecule has 0 aliphatic carbocycles. The highest BCUT2D eigenvalue weighted by molar-refractivity contribution is 7.91. The predicted molar refractivity (Wildman–Crippen MR) is 101 cm³/mol. The van der Waals surface area contributed by atoms with Crippen LogP contribution < -0.4 is 0 Å². The summed E-state index contributed by atoms with van der Waals surface area (Å²) >= 11 is 0. The number of ether oxygens (including phenoxy) is 2. The molecule has 0 bridgehead atoms. The minimum Gasteiger partial charge on any atom is -0.383 e. The highest BCUT2D eigenvalue weighted by Gasteiger charge is 2.29. The molecular weight excluding hydrogens is 354 g/mol. The highest BCUT2D eigenvalue weighted by atomic mass is 32.2. The minimum atomic E-state index is -3.46. The van der Waals surface area contributed by atoms with Gasteiger partial charge in [0.25, 0.3) is 0 Å². The topological polar surface area (TPSA) is 73.7 Å². The normalized spacial score (nSPS) is 17.2. The first-order valence-corrected chi connectivity index (χ1v) is 10.8. The smallest absolute Gasteiger partial charge is 0.227 e. The molecule has 2 rings (SSSR count). The van der Waals surface area contributed by atoms with Gasteiger partial charge in [0, 0.05) is 39.5 Å². The summed E-state index contributed by atoms with van der Waals surface area (Å²) in [5.74, 6) is 0.0687. The molecule has 1 aliphatic rings. The Morgan fingerprint density at radius 1 is 1.35 bits per heavy atom. The van der Waals surface area contributed by atoms with Gasteiger partial charge in [0.2, 0.25) is 15.0 Å². The fraction of sp³-hybridized carbons (Fsp3) is 0.833. The van der Waals surface area contributed by atoms with E-state index in [-0.39, 0.29) is 16.3 Å². The summed E-state index contributed by atoms with van der Waals surface area (Å²) in [7, 11) is 0.234. The maximum absolute atomic E-state index is 12.9. The van der Waals surface area contributed by atoms with Crippen molar-refractivity contribution in [2.45, 2.75) is 57.9 Å². The van der Waals surface area contributed by atoms with E-state index in [0.717, 1.165) is 31.7 Å². The molecule has 0 unspecified atom stereocenters. The van der Waals surface area contributed by atoms with E-state index in [1.807, 2.05) is 20.8 Å². The van der Waals surface area contributed by atoms with Crippen molar-refractivity contribution in [2.75, 3.05) is 39.7 Å². The van der Waals surface area contributed by atoms with Gasteiger partial charge in [0.1, 0.15) is 0 Å². The summed E-state index contributed by atoms with van der Waals surface area (Å²) in [6, 6.07) is 0.448. The van der Waals surface area contributed by atoms with Gasteiger partial charge in [0.15, 0.2) is 0 Å². The summed E-state index contributed by atoms with van der Waals surface area (Å²) in [5.41, 5.74) is 0.583. The van der Waals surface area contributed by atoms with Crippen molar-refractivity contribution in [1.29, 1.82) is 0 Å². The molecule has 7 nitrogen and oxygen atoms in total. The molecule has 0 N–H and O–H groups in total. The summed E-state index contributed by atoms with van der Waals surface area (Å²) in [6.45, 7) is 8.92. The number of hydrogen-bond donors (Lipinski definition) is 0. The van der Waals surface area contributed by atoms with Gasteiger partial charge in [-0.25, -0.2) is 13.4 Å². The number of hydrogen-bond acceptors (Lipinski definition) is 6. The van der Waals surface area contributed by atoms with Crippen LogP contribution in [0, 0.1) is 5.41 Å². The van der Waals surface area contributed by atoms with E-state index >= 15 is 0 Å². The second kappa shape index (κ2) is 8.82. The molecule has 0 saturated carbocycles. The van der Waals surface area contributed by atoms with Crippen LogP contribution in [0.1, 0.15) is 39.3 Å². The Hall–Kier alpha value is -0.960. The second-order valence-corrected chi connectivity index (χ2v) is 10.1. The Bertz CT molecular complexity index is 673. The zero-order chi connectivity index (χ0) is 19.4. The van der Waals surface area contributed by atoms with Gasteiger partial charge in [-0.1, -0.05) is 20.8 Å². The Labute approximate surface area is 157 Å². The molecular formula is C18H33N3O4S. The van der Waals surface area contributed by atoms with E-state index < -0.39 is 9.84 Å². The maximum atomic E-state index is 12.9. The third-order valence-electron chi connectivity index (χ3n) is 4.55. The van der Waals surface area contributed by atoms with Crippen LogP contribution in [0.4, 0.5) is 0 Å². The molecule has 1 aliphatic heterocycles. The largest absolute Gasteiger partial charge is 0.383 e. The van der Waals surface area contributed by atoms with E-state index in [9.17, 15) is 8.42 Å². The van der Waals surface area contributed by atoms with Crippen LogP contribution in [0.3, 0.4) is 0 Å². The summed E-state index contributed by atoms with van der Waals surface area (Å²) in [6.07, 6.45) is 3.69. The minimum absolute atomic E-state index is 0.0687. The highest BCUT2D eigenvalue weighted by Crippen LogP contribution is 2.23. The lowest BCUT2D eigenvalue weighted by molar-refractivity contribution is 0.0398. The number of nitrogens with zero attached hydrogens (tertiary/aromatic N) is 3. The van der Waals surface area contributed by atoms with Crippen molar-refractivity contribution in [3.05, 3.63) is 11.9 Å². The van der Waals surface area contributed by atoms with E-state index in [1.165, 1.54) is 0 Å². The number of aromatic nitrogens is 2. The fourth-order valence-corrected chi connectivity index (χ4v) is 5.36. The van der Waals surface area contributed by atoms with Crippen LogP contribution in [-0.4, -0.2) is 68.6 Å². The predicted octanol–water partition coefficient (Wildman–Crippen LogP) is 1.96. The van der Waals surface area contributed by atoms with Crippen LogP contribution in [0.15, 0.2) is 11.4 Å². The standard InChI is InChI=1S/C18H33N3O4S/c1-18(2,3)14-26(22,23)17-19-12-16(21(17)8-11-24-5)13-20(4)15-6-9-25-10-7-15/h12,15H,6-11,13-14H2,1-5H3. The van der Waals surface area contributed by atoms with Gasteiger partial charge < -0.3 is 14.0 Å². The van der Waals surface area contributed by atoms with E-state index in [0.29, 0.717) is 25.7 Å². The number of imidazole rings is 1. The molecule has 1 aromatic heterocycles. The van der Waals surface area contributed by atoms with Crippen LogP contribution in [0.25, 0.3) is 0 Å². The Kier molecular flexibility index (Phi) is 7.24. The molecule has 26 heavy (non-hydrogen) atoms. The van der Waals surface area contributed by atoms with Crippen LogP contribution in [0.2, 0.25) is 0 Å². The van der Waals surface area contributed by atoms with Gasteiger partial charge in [-0.05, 0) is 25.3 Å². The van der Waals surface area contributed by atoms with Crippen molar-refractivity contribution in [1.82, 2.24) is 14.5 Å². The van der Waals surface area contributed by atoms with Crippen molar-refractivity contribution < 1.29 is 17.9 Å². The van der Waals surface area contributed by atoms with Gasteiger partial charge in [0.05, 0.1) is 24.3 Å². The average molecular weight is 388 g/mol. The number of methoxy groups -OCH3 is 1. The molecule has 0 atom stereocenters. The first-order valence-electron chi connectivity index (χ1n) is 9.18. The van der Waals surface area contributed by atoms with Crippen molar-refractivity contribution >= 4 is 9.84 Å². The van der Waals surface area contributed by atoms with Crippen LogP contribution >= 0.6 is 0 Å². The SMILES string of the molecule is COCCn1c(CN(C)C2CCOCC2)cnc1S(=O)(=O)CC(C)(C)C. The molecule has 8 heteroatoms. The summed E-state index contributed by atoms with van der Waals surface area (Å²) in [5, 5.41) is 0.153. The van der Waals surface area contributed by atoms with Gasteiger partial charge in [-0.2, -0.15) is 0 Å². The second-order valence-electron chi connectivity index (χ2n) is 8.25. The first-order chi connectivity index (χ1) is 12.1. The lowest BCUT2D eigenvalue weighted by Crippen LogP contribution is -2.36. The third-order valence-corrected chi connectivity index (χ3v) is 6.68. The molecule has 0 spiro atoms. The molecule has 0 amide bonds. The molecule has 150 valence electrons. The van der Waals surface area contributed by atoms with Crippen molar-refractivity contribution in [2.24, 2.45) is 5.41 Å². The van der Waals surface area contributed by atoms with E-state index in [4.69, 9.17) is 9.47 Å². The van der Waals surface area contributed by atoms with E-state index in [1.54, 1.807) is 17.9 Å². The third kappa shape index (κ3) is 5.77. The molecule has 0 aromatic carbocycles. The van der Waals surface area contributed by atoms with Crippen LogP contribution in [0.5, 0.6) is 0 Å². The molecule has 1 saturated heterocycles. The Morgan fingerprint density at radius 2 is 2.00 bits per heavy atom. The maximum Gasteiger partial charge on any atom is 0.227 e. The van der Waals surface area contributed by atoms with Gasteiger partial charge >= 0.3 is 0 Å². The summed E-state index contributed by atoms with van der Waals surface area (Å²) in [4.78, 5) is 6.56. The number of rotatable bonds is 8. The van der Waals surface area contributed by atoms with Crippen LogP contribution in [-0.2, 0) is 32.4 Å². The first kappa shape index (κ1) is 21.3. The monoisotopic (exact) mass is 387 g/mol. The zero-order valence-corrected chi connectivity index (χ0v) is 17.5. The quantitative estimate of drug-likeness (QED) is 0.679. The number of sulfone groups is 1. The van der Waals surface area contributed by atoms with Crippen molar-refractivity contribution in [3.63, 3.8) is 0 Å². The zero-order valence-electron chi connectivity index (χ0n) is 16.7. The Morgan fingerprint density at radius 3 is 2.58 bits per heavy atom. The van der Waals surface area contributed by atoms with Gasteiger partial charge in [-0.15, -0.1) is 0 Å². The average Bonchev–Trinajstić information content (AvgIpc) is 2.95. The summed E-state index contributed by atoms with van der Waals surface area (Å²) < 4.78 is 38.2. The molecule has 0 radical (unpaired) electrons. The lowest BCUT2D eigenvalue weighted by atomic mass is 10.0. The Balaban J connectivity index is 2.25. The lowest BCUT2D eigenvalue weighted by Gasteiger charge is -2.31. The van der Waals surface area contributed by atoms with Gasteiger partial charge in [-0.3, -0.25) is 4.90 Å². The van der Waals surface area contributed by atoms with E-state index in [2.05, 4.69) is 16.9 Å². The van der Waals surface area contributed by atoms with Crippen molar-refractivity contribution in [3.8, 4) is 0 Å². The molecule has 1 fully saturated rings.